The molecule has 1 aromatic carbocycles. The summed E-state index contributed by atoms with van der Waals surface area (Å²) >= 11 is 1.82. The number of aliphatic imine (C=N–C) groups is 1. The number of likely N-dealkylation sites (tertiary alicyclic amines) is 1. The molecule has 2 unspecified atom stereocenters. The van der Waals surface area contributed by atoms with E-state index in [1.807, 2.05) is 30.5 Å². The highest BCUT2D eigenvalue weighted by molar-refractivity contribution is 14.0. The fourth-order valence-corrected chi connectivity index (χ4v) is 4.14. The van der Waals surface area contributed by atoms with Gasteiger partial charge in [-0.25, -0.2) is 0 Å². The number of hydrogen-bond acceptors (Lipinski definition) is 3. The van der Waals surface area contributed by atoms with Gasteiger partial charge in [-0.05, 0) is 35.6 Å². The second kappa shape index (κ2) is 10.2. The van der Waals surface area contributed by atoms with E-state index in [9.17, 15) is 0 Å². The van der Waals surface area contributed by atoms with Crippen LogP contribution in [0.5, 0.6) is 5.75 Å². The van der Waals surface area contributed by atoms with Gasteiger partial charge in [0.05, 0.1) is 7.11 Å². The fourth-order valence-electron chi connectivity index (χ4n) is 3.35. The highest BCUT2D eigenvalue weighted by Crippen LogP contribution is 2.28. The van der Waals surface area contributed by atoms with Gasteiger partial charge in [0.15, 0.2) is 5.96 Å². The van der Waals surface area contributed by atoms with Crippen molar-refractivity contribution in [2.24, 2.45) is 4.99 Å². The van der Waals surface area contributed by atoms with Gasteiger partial charge in [0.2, 0.25) is 0 Å². The maximum absolute atomic E-state index is 5.25. The Morgan fingerprint density at radius 1 is 1.35 bits per heavy atom. The highest BCUT2D eigenvalue weighted by atomic mass is 127. The number of nitrogens with one attached hydrogen (secondary N) is 1. The monoisotopic (exact) mass is 485 g/mol. The largest absolute Gasteiger partial charge is 0.497 e. The SMILES string of the molecule is CN=C(NCC(C)c1cccs1)N1CCC(c2ccc(OC)cc2)C1.I. The summed E-state index contributed by atoms with van der Waals surface area (Å²) in [4.78, 5) is 8.28. The van der Waals surface area contributed by atoms with E-state index in [2.05, 4.69) is 51.8 Å². The van der Waals surface area contributed by atoms with Crippen LogP contribution in [-0.2, 0) is 0 Å². The van der Waals surface area contributed by atoms with E-state index in [1.165, 1.54) is 10.4 Å². The van der Waals surface area contributed by atoms with Crippen LogP contribution in [-0.4, -0.2) is 44.7 Å². The lowest BCUT2D eigenvalue weighted by Crippen LogP contribution is -2.41. The third-order valence-corrected chi connectivity index (χ3v) is 5.99. The first-order valence-corrected chi connectivity index (χ1v) is 9.72. The smallest absolute Gasteiger partial charge is 0.193 e. The van der Waals surface area contributed by atoms with Gasteiger partial charge in [-0.3, -0.25) is 4.99 Å². The zero-order chi connectivity index (χ0) is 17.6. The highest BCUT2D eigenvalue weighted by Gasteiger charge is 2.26. The normalized spacial score (nSPS) is 18.3. The molecule has 1 saturated heterocycles. The standard InChI is InChI=1S/C20H27N3OS.HI/c1-15(19-5-4-12-25-19)13-22-20(21-2)23-11-10-17(14-23)16-6-8-18(24-3)9-7-16;/h4-9,12,15,17H,10-11,13-14H2,1-3H3,(H,21,22);1H. The molecule has 2 aromatic rings. The Bertz CT molecular complexity index is 688. The van der Waals surface area contributed by atoms with Gasteiger partial charge in [0, 0.05) is 43.4 Å². The van der Waals surface area contributed by atoms with E-state index < -0.39 is 0 Å². The number of nitrogens with zero attached hydrogens (tertiary/aromatic N) is 2. The fraction of sp³-hybridized carbons (Fsp3) is 0.450. The van der Waals surface area contributed by atoms with Crippen molar-refractivity contribution in [3.63, 3.8) is 0 Å². The molecule has 6 heteroatoms. The zero-order valence-electron chi connectivity index (χ0n) is 15.6. The molecule has 4 nitrogen and oxygen atoms in total. The molecule has 1 aromatic heterocycles. The Hall–Kier alpha value is -1.28. The van der Waals surface area contributed by atoms with E-state index >= 15 is 0 Å². The summed E-state index contributed by atoms with van der Waals surface area (Å²) in [6.45, 7) is 5.23. The third-order valence-electron chi connectivity index (χ3n) is 4.88. The van der Waals surface area contributed by atoms with Gasteiger partial charge < -0.3 is 15.0 Å². The molecule has 1 aliphatic heterocycles. The summed E-state index contributed by atoms with van der Waals surface area (Å²) in [6.07, 6.45) is 1.16. The molecule has 26 heavy (non-hydrogen) atoms. The summed E-state index contributed by atoms with van der Waals surface area (Å²) in [5.74, 6) is 2.98. The first-order valence-electron chi connectivity index (χ1n) is 8.84. The summed E-state index contributed by atoms with van der Waals surface area (Å²) in [6, 6.07) is 12.8. The summed E-state index contributed by atoms with van der Waals surface area (Å²) < 4.78 is 5.25. The average Bonchev–Trinajstić information content (AvgIpc) is 3.34. The van der Waals surface area contributed by atoms with Crippen molar-refractivity contribution in [3.05, 3.63) is 52.2 Å². The molecule has 0 bridgehead atoms. The molecule has 1 fully saturated rings. The third kappa shape index (κ3) is 5.13. The maximum atomic E-state index is 5.25. The number of hydrogen-bond donors (Lipinski definition) is 1. The van der Waals surface area contributed by atoms with Crippen LogP contribution in [0.3, 0.4) is 0 Å². The first kappa shape index (κ1) is 21.0. The molecule has 2 heterocycles. The minimum absolute atomic E-state index is 0. The van der Waals surface area contributed by atoms with Crippen LogP contribution in [0.1, 0.15) is 35.6 Å². The van der Waals surface area contributed by atoms with Gasteiger partial charge in [-0.1, -0.05) is 25.1 Å². The van der Waals surface area contributed by atoms with Crippen LogP contribution < -0.4 is 10.1 Å². The van der Waals surface area contributed by atoms with Crippen LogP contribution in [0.4, 0.5) is 0 Å². The number of rotatable bonds is 5. The lowest BCUT2D eigenvalue weighted by molar-refractivity contribution is 0.414. The van der Waals surface area contributed by atoms with Crippen molar-refractivity contribution in [2.75, 3.05) is 33.8 Å². The number of benzene rings is 1. The summed E-state index contributed by atoms with van der Waals surface area (Å²) in [7, 11) is 3.58. The van der Waals surface area contributed by atoms with Crippen molar-refractivity contribution in [2.45, 2.75) is 25.2 Å². The average molecular weight is 485 g/mol. The molecular weight excluding hydrogens is 457 g/mol. The second-order valence-electron chi connectivity index (χ2n) is 6.55. The molecule has 0 saturated carbocycles. The second-order valence-corrected chi connectivity index (χ2v) is 7.53. The van der Waals surface area contributed by atoms with E-state index in [0.717, 1.165) is 37.8 Å². The molecule has 0 spiro atoms. The van der Waals surface area contributed by atoms with Gasteiger partial charge in [-0.15, -0.1) is 35.3 Å². The molecular formula is C20H28IN3OS. The van der Waals surface area contributed by atoms with Crippen molar-refractivity contribution in [1.82, 2.24) is 10.2 Å². The predicted octanol–water partition coefficient (Wildman–Crippen LogP) is 4.54. The molecule has 0 radical (unpaired) electrons. The quantitative estimate of drug-likeness (QED) is 0.384. The molecule has 1 N–H and O–H groups in total. The number of thiophene rings is 1. The van der Waals surface area contributed by atoms with Gasteiger partial charge in [-0.2, -0.15) is 0 Å². The molecule has 142 valence electrons. The number of methoxy groups -OCH3 is 1. The van der Waals surface area contributed by atoms with Gasteiger partial charge in [0.25, 0.3) is 0 Å². The first-order chi connectivity index (χ1) is 12.2. The van der Waals surface area contributed by atoms with Crippen molar-refractivity contribution >= 4 is 41.3 Å². The Morgan fingerprint density at radius 3 is 2.73 bits per heavy atom. The maximum Gasteiger partial charge on any atom is 0.193 e. The van der Waals surface area contributed by atoms with E-state index in [1.54, 1.807) is 7.11 Å². The minimum Gasteiger partial charge on any atom is -0.497 e. The molecule has 0 amide bonds. The number of guanidine groups is 1. The summed E-state index contributed by atoms with van der Waals surface area (Å²) in [5, 5.41) is 5.69. The van der Waals surface area contributed by atoms with Gasteiger partial charge >= 0.3 is 0 Å². The Balaban J connectivity index is 0.00000243. The number of halogens is 1. The van der Waals surface area contributed by atoms with Crippen LogP contribution in [0.2, 0.25) is 0 Å². The topological polar surface area (TPSA) is 36.9 Å². The Kier molecular flexibility index (Phi) is 8.21. The van der Waals surface area contributed by atoms with Gasteiger partial charge in [0.1, 0.15) is 5.75 Å². The van der Waals surface area contributed by atoms with Crippen LogP contribution in [0, 0.1) is 0 Å². The number of ether oxygens (including phenoxy) is 1. The lowest BCUT2D eigenvalue weighted by Gasteiger charge is -2.23. The molecule has 1 aliphatic rings. The van der Waals surface area contributed by atoms with Crippen molar-refractivity contribution < 1.29 is 4.74 Å². The summed E-state index contributed by atoms with van der Waals surface area (Å²) in [5.41, 5.74) is 1.38. The van der Waals surface area contributed by atoms with E-state index in [0.29, 0.717) is 11.8 Å². The van der Waals surface area contributed by atoms with E-state index in [4.69, 9.17) is 4.74 Å². The van der Waals surface area contributed by atoms with Crippen molar-refractivity contribution in [1.29, 1.82) is 0 Å². The van der Waals surface area contributed by atoms with Crippen molar-refractivity contribution in [3.8, 4) is 5.75 Å². The zero-order valence-corrected chi connectivity index (χ0v) is 18.8. The van der Waals surface area contributed by atoms with E-state index in [-0.39, 0.29) is 24.0 Å². The minimum atomic E-state index is 0. The Morgan fingerprint density at radius 2 is 2.12 bits per heavy atom. The molecule has 0 aliphatic carbocycles. The van der Waals surface area contributed by atoms with Crippen LogP contribution in [0.15, 0.2) is 46.8 Å². The lowest BCUT2D eigenvalue weighted by atomic mass is 9.98. The molecule has 2 atom stereocenters. The van der Waals surface area contributed by atoms with Crippen LogP contribution >= 0.6 is 35.3 Å². The van der Waals surface area contributed by atoms with Crippen LogP contribution in [0.25, 0.3) is 0 Å². The predicted molar refractivity (Wildman–Crippen MR) is 121 cm³/mol. The Labute approximate surface area is 177 Å². The molecule has 3 rings (SSSR count).